The molecule has 2 saturated carbocycles. The number of aromatic nitrogens is 4. The fraction of sp³-hybridized carbons (Fsp3) is 0.526. The third-order valence-electron chi connectivity index (χ3n) is 5.54. The molecule has 0 bridgehead atoms. The van der Waals surface area contributed by atoms with Gasteiger partial charge in [0.05, 0.1) is 17.9 Å². The standard InChI is InChI=1S/C19H22N4O2S/c1-10-5-16(12-3-4-12)22(21-10)8-14-7-17(25)23-18(15-6-13(15)9-24)11(2)26-19(23)20-14/h5,7,12-13,15,24H,3-4,6,8-9H2,1-2H3. The van der Waals surface area contributed by atoms with Crippen LogP contribution in [0.5, 0.6) is 0 Å². The van der Waals surface area contributed by atoms with Crippen molar-refractivity contribution in [3.8, 4) is 0 Å². The van der Waals surface area contributed by atoms with Crippen molar-refractivity contribution in [3.05, 3.63) is 50.1 Å². The first-order chi connectivity index (χ1) is 12.5. The minimum absolute atomic E-state index is 0.0233. The van der Waals surface area contributed by atoms with Crippen LogP contribution < -0.4 is 5.56 Å². The average Bonchev–Trinajstić information content (AvgIpc) is 3.50. The molecule has 2 atom stereocenters. The zero-order valence-electron chi connectivity index (χ0n) is 15.0. The number of thiazole rings is 1. The molecule has 2 fully saturated rings. The van der Waals surface area contributed by atoms with Gasteiger partial charge in [0.2, 0.25) is 0 Å². The fourth-order valence-corrected chi connectivity index (χ4v) is 5.05. The lowest BCUT2D eigenvalue weighted by Crippen LogP contribution is -2.18. The Morgan fingerprint density at radius 3 is 2.81 bits per heavy atom. The molecule has 3 aromatic heterocycles. The Bertz CT molecular complexity index is 1060. The Labute approximate surface area is 155 Å². The van der Waals surface area contributed by atoms with E-state index in [0.717, 1.165) is 33.3 Å². The van der Waals surface area contributed by atoms with Crippen molar-refractivity contribution in [3.63, 3.8) is 0 Å². The van der Waals surface area contributed by atoms with Crippen molar-refractivity contribution >= 4 is 16.3 Å². The lowest BCUT2D eigenvalue weighted by Gasteiger charge is -2.07. The highest BCUT2D eigenvalue weighted by Gasteiger charge is 2.41. The summed E-state index contributed by atoms with van der Waals surface area (Å²) in [6.07, 6.45) is 3.40. The van der Waals surface area contributed by atoms with E-state index >= 15 is 0 Å². The van der Waals surface area contributed by atoms with Gasteiger partial charge in [0, 0.05) is 40.8 Å². The van der Waals surface area contributed by atoms with Crippen LogP contribution in [0.25, 0.3) is 4.96 Å². The number of aliphatic hydroxyl groups is 1. The normalized spacial score (nSPS) is 22.3. The van der Waals surface area contributed by atoms with Crippen LogP contribution in [-0.4, -0.2) is 30.9 Å². The third-order valence-corrected chi connectivity index (χ3v) is 6.51. The van der Waals surface area contributed by atoms with Gasteiger partial charge in [0.15, 0.2) is 4.96 Å². The zero-order chi connectivity index (χ0) is 18.0. The largest absolute Gasteiger partial charge is 0.396 e. The second kappa shape index (κ2) is 5.76. The Morgan fingerprint density at radius 1 is 1.31 bits per heavy atom. The van der Waals surface area contributed by atoms with E-state index in [2.05, 4.69) is 11.2 Å². The summed E-state index contributed by atoms with van der Waals surface area (Å²) in [5, 5.41) is 14.0. The molecule has 3 heterocycles. The summed E-state index contributed by atoms with van der Waals surface area (Å²) in [6.45, 7) is 4.78. The smallest absolute Gasteiger partial charge is 0.259 e. The van der Waals surface area contributed by atoms with Gasteiger partial charge in [-0.1, -0.05) is 0 Å². The van der Waals surface area contributed by atoms with E-state index in [9.17, 15) is 9.90 Å². The molecule has 136 valence electrons. The first-order valence-corrected chi connectivity index (χ1v) is 10.0. The molecule has 1 N–H and O–H groups in total. The SMILES string of the molecule is Cc1cc(C2CC2)n(Cc2cc(=O)n3c(C4CC4CO)c(C)sc3n2)n1. The van der Waals surface area contributed by atoms with Crippen molar-refractivity contribution in [1.82, 2.24) is 19.2 Å². The molecule has 26 heavy (non-hydrogen) atoms. The van der Waals surface area contributed by atoms with E-state index in [1.54, 1.807) is 21.8 Å². The first kappa shape index (κ1) is 16.2. The van der Waals surface area contributed by atoms with Crippen LogP contribution in [0.15, 0.2) is 16.9 Å². The zero-order valence-corrected chi connectivity index (χ0v) is 15.8. The van der Waals surface area contributed by atoms with Crippen LogP contribution in [0.4, 0.5) is 0 Å². The molecule has 0 saturated heterocycles. The summed E-state index contributed by atoms with van der Waals surface area (Å²) >= 11 is 1.57. The van der Waals surface area contributed by atoms with Gasteiger partial charge in [-0.15, -0.1) is 11.3 Å². The number of aliphatic hydroxyl groups excluding tert-OH is 1. The molecule has 0 aromatic carbocycles. The summed E-state index contributed by atoms with van der Waals surface area (Å²) in [5.41, 5.74) is 4.06. The Morgan fingerprint density at radius 2 is 2.12 bits per heavy atom. The van der Waals surface area contributed by atoms with Crippen LogP contribution in [0.1, 0.15) is 58.8 Å². The molecular formula is C19H22N4O2S. The number of fused-ring (bicyclic) bond motifs is 1. The molecule has 5 rings (SSSR count). The maximum absolute atomic E-state index is 12.8. The summed E-state index contributed by atoms with van der Waals surface area (Å²) in [7, 11) is 0. The maximum atomic E-state index is 12.8. The van der Waals surface area contributed by atoms with E-state index in [1.165, 1.54) is 18.5 Å². The summed E-state index contributed by atoms with van der Waals surface area (Å²) in [6, 6.07) is 3.80. The monoisotopic (exact) mass is 370 g/mol. The number of rotatable bonds is 5. The molecular weight excluding hydrogens is 348 g/mol. The second-order valence-electron chi connectivity index (χ2n) is 7.67. The Hall–Kier alpha value is -1.99. The highest BCUT2D eigenvalue weighted by atomic mass is 32.1. The first-order valence-electron chi connectivity index (χ1n) is 9.22. The third kappa shape index (κ3) is 2.61. The van der Waals surface area contributed by atoms with E-state index in [0.29, 0.717) is 12.5 Å². The molecule has 0 aliphatic heterocycles. The highest BCUT2D eigenvalue weighted by Crippen LogP contribution is 2.49. The predicted octanol–water partition coefficient (Wildman–Crippen LogP) is 2.59. The van der Waals surface area contributed by atoms with Gasteiger partial charge < -0.3 is 5.11 Å². The molecule has 0 radical (unpaired) electrons. The van der Waals surface area contributed by atoms with Crippen LogP contribution in [-0.2, 0) is 6.54 Å². The molecule has 7 heteroatoms. The minimum atomic E-state index is -0.0233. The summed E-state index contributed by atoms with van der Waals surface area (Å²) in [5.74, 6) is 1.18. The van der Waals surface area contributed by atoms with E-state index in [1.807, 2.05) is 18.5 Å². The van der Waals surface area contributed by atoms with Crippen LogP contribution in [0.3, 0.4) is 0 Å². The lowest BCUT2D eigenvalue weighted by molar-refractivity contribution is 0.273. The molecule has 3 aromatic rings. The predicted molar refractivity (Wildman–Crippen MR) is 100 cm³/mol. The Balaban J connectivity index is 1.54. The van der Waals surface area contributed by atoms with E-state index in [4.69, 9.17) is 4.98 Å². The number of hydrogen-bond acceptors (Lipinski definition) is 5. The van der Waals surface area contributed by atoms with Crippen LogP contribution in [0, 0.1) is 19.8 Å². The van der Waals surface area contributed by atoms with Gasteiger partial charge in [0.1, 0.15) is 0 Å². The number of nitrogens with zero attached hydrogens (tertiary/aromatic N) is 4. The van der Waals surface area contributed by atoms with Gasteiger partial charge in [-0.05, 0) is 45.1 Å². The van der Waals surface area contributed by atoms with Gasteiger partial charge in [-0.25, -0.2) is 4.98 Å². The maximum Gasteiger partial charge on any atom is 0.259 e. The molecule has 0 amide bonds. The Kier molecular flexibility index (Phi) is 3.59. The van der Waals surface area contributed by atoms with Gasteiger partial charge in [0.25, 0.3) is 5.56 Å². The molecule has 0 spiro atoms. The van der Waals surface area contributed by atoms with Gasteiger partial charge >= 0.3 is 0 Å². The average molecular weight is 370 g/mol. The van der Waals surface area contributed by atoms with Gasteiger partial charge in [-0.2, -0.15) is 5.10 Å². The van der Waals surface area contributed by atoms with Gasteiger partial charge in [-0.3, -0.25) is 13.9 Å². The lowest BCUT2D eigenvalue weighted by atomic mass is 10.2. The number of aryl methyl sites for hydroxylation is 2. The van der Waals surface area contributed by atoms with E-state index in [-0.39, 0.29) is 24.0 Å². The van der Waals surface area contributed by atoms with Crippen molar-refractivity contribution in [2.75, 3.05) is 6.61 Å². The summed E-state index contributed by atoms with van der Waals surface area (Å²) < 4.78 is 3.76. The summed E-state index contributed by atoms with van der Waals surface area (Å²) in [4.78, 5) is 19.5. The fourth-order valence-electron chi connectivity index (χ4n) is 3.99. The quantitative estimate of drug-likeness (QED) is 0.749. The van der Waals surface area contributed by atoms with Crippen molar-refractivity contribution < 1.29 is 5.11 Å². The van der Waals surface area contributed by atoms with Crippen molar-refractivity contribution in [2.24, 2.45) is 5.92 Å². The molecule has 2 aliphatic rings. The highest BCUT2D eigenvalue weighted by molar-refractivity contribution is 7.17. The topological polar surface area (TPSA) is 72.4 Å². The minimum Gasteiger partial charge on any atom is -0.396 e. The second-order valence-corrected chi connectivity index (χ2v) is 8.86. The molecule has 2 unspecified atom stereocenters. The van der Waals surface area contributed by atoms with E-state index < -0.39 is 0 Å². The van der Waals surface area contributed by atoms with Crippen molar-refractivity contribution in [1.29, 1.82) is 0 Å². The van der Waals surface area contributed by atoms with Crippen LogP contribution in [0.2, 0.25) is 0 Å². The van der Waals surface area contributed by atoms with Crippen LogP contribution >= 0.6 is 11.3 Å². The number of hydrogen-bond donors (Lipinski definition) is 1. The molecule has 6 nitrogen and oxygen atoms in total. The molecule has 2 aliphatic carbocycles. The van der Waals surface area contributed by atoms with Crippen molar-refractivity contribution in [2.45, 2.75) is 51.5 Å².